The van der Waals surface area contributed by atoms with Crippen LogP contribution >= 0.6 is 0 Å². The SMILES string of the molecule is C[C@H](O)c1ccc(F)cc1OCC(O)C(F)(F)F. The third-order valence-electron chi connectivity index (χ3n) is 2.20. The van der Waals surface area contributed by atoms with Gasteiger partial charge in [0.1, 0.15) is 18.2 Å². The summed E-state index contributed by atoms with van der Waals surface area (Å²) in [7, 11) is 0. The Morgan fingerprint density at radius 1 is 1.28 bits per heavy atom. The summed E-state index contributed by atoms with van der Waals surface area (Å²) in [6.07, 6.45) is -8.50. The lowest BCUT2D eigenvalue weighted by molar-refractivity contribution is -0.210. The minimum absolute atomic E-state index is 0.144. The average molecular weight is 268 g/mol. The maximum atomic E-state index is 12.9. The first-order valence-corrected chi connectivity index (χ1v) is 5.07. The van der Waals surface area contributed by atoms with E-state index in [-0.39, 0.29) is 11.3 Å². The first kappa shape index (κ1) is 14.7. The van der Waals surface area contributed by atoms with Gasteiger partial charge in [0.15, 0.2) is 6.10 Å². The Balaban J connectivity index is 2.81. The monoisotopic (exact) mass is 268 g/mol. The van der Waals surface area contributed by atoms with Gasteiger partial charge in [-0.05, 0) is 19.1 Å². The molecule has 0 aliphatic heterocycles. The van der Waals surface area contributed by atoms with Crippen LogP contribution in [0.1, 0.15) is 18.6 Å². The van der Waals surface area contributed by atoms with Crippen LogP contribution < -0.4 is 4.74 Å². The van der Waals surface area contributed by atoms with Gasteiger partial charge in [0.2, 0.25) is 0 Å². The maximum absolute atomic E-state index is 12.9. The third-order valence-corrected chi connectivity index (χ3v) is 2.20. The van der Waals surface area contributed by atoms with Gasteiger partial charge in [-0.3, -0.25) is 0 Å². The number of halogens is 4. The van der Waals surface area contributed by atoms with E-state index in [9.17, 15) is 22.7 Å². The lowest BCUT2D eigenvalue weighted by Gasteiger charge is -2.18. The third kappa shape index (κ3) is 3.85. The molecule has 0 radical (unpaired) electrons. The quantitative estimate of drug-likeness (QED) is 0.823. The highest BCUT2D eigenvalue weighted by atomic mass is 19.4. The normalized spacial score (nSPS) is 15.3. The van der Waals surface area contributed by atoms with Crippen molar-refractivity contribution in [3.63, 3.8) is 0 Å². The summed E-state index contributed by atoms with van der Waals surface area (Å²) in [6.45, 7) is 0.299. The van der Waals surface area contributed by atoms with E-state index in [2.05, 4.69) is 0 Å². The van der Waals surface area contributed by atoms with Crippen molar-refractivity contribution in [3.8, 4) is 5.75 Å². The molecule has 0 aliphatic carbocycles. The van der Waals surface area contributed by atoms with Crippen LogP contribution in [0.5, 0.6) is 5.75 Å². The van der Waals surface area contributed by atoms with Crippen LogP contribution in [0.4, 0.5) is 17.6 Å². The van der Waals surface area contributed by atoms with Crippen LogP contribution in [0.2, 0.25) is 0 Å². The maximum Gasteiger partial charge on any atom is 0.417 e. The topological polar surface area (TPSA) is 49.7 Å². The number of aliphatic hydroxyl groups excluding tert-OH is 2. The molecule has 0 bridgehead atoms. The fourth-order valence-electron chi connectivity index (χ4n) is 1.24. The number of hydrogen-bond acceptors (Lipinski definition) is 3. The van der Waals surface area contributed by atoms with Gasteiger partial charge in [0, 0.05) is 11.6 Å². The summed E-state index contributed by atoms with van der Waals surface area (Å²) >= 11 is 0. The first-order chi connectivity index (χ1) is 8.21. The molecular formula is C11H12F4O3. The largest absolute Gasteiger partial charge is 0.490 e. The van der Waals surface area contributed by atoms with Gasteiger partial charge < -0.3 is 14.9 Å². The van der Waals surface area contributed by atoms with Gasteiger partial charge >= 0.3 is 6.18 Å². The highest BCUT2D eigenvalue weighted by Crippen LogP contribution is 2.27. The molecule has 1 unspecified atom stereocenters. The molecule has 0 aromatic heterocycles. The fourth-order valence-corrected chi connectivity index (χ4v) is 1.24. The number of alkyl halides is 3. The van der Waals surface area contributed by atoms with Crippen molar-refractivity contribution >= 4 is 0 Å². The second-order valence-electron chi connectivity index (χ2n) is 3.73. The Bertz CT molecular complexity index is 404. The molecule has 0 saturated carbocycles. The smallest absolute Gasteiger partial charge is 0.417 e. The summed E-state index contributed by atoms with van der Waals surface area (Å²) in [4.78, 5) is 0. The number of benzene rings is 1. The predicted molar refractivity (Wildman–Crippen MR) is 54.6 cm³/mol. The molecule has 0 aliphatic rings. The Kier molecular flexibility index (Phi) is 4.53. The van der Waals surface area contributed by atoms with E-state index in [1.165, 1.54) is 13.0 Å². The Morgan fingerprint density at radius 2 is 1.89 bits per heavy atom. The lowest BCUT2D eigenvalue weighted by Crippen LogP contribution is -2.34. The van der Waals surface area contributed by atoms with Crippen LogP contribution in [-0.4, -0.2) is 29.1 Å². The van der Waals surface area contributed by atoms with Crippen LogP contribution in [-0.2, 0) is 0 Å². The summed E-state index contributed by atoms with van der Waals surface area (Å²) in [5.74, 6) is -0.941. The van der Waals surface area contributed by atoms with Gasteiger partial charge in [0.05, 0.1) is 6.10 Å². The second kappa shape index (κ2) is 5.53. The van der Waals surface area contributed by atoms with Crippen molar-refractivity contribution < 1.29 is 32.5 Å². The van der Waals surface area contributed by atoms with E-state index in [0.717, 1.165) is 12.1 Å². The van der Waals surface area contributed by atoms with E-state index < -0.39 is 30.8 Å². The van der Waals surface area contributed by atoms with Crippen LogP contribution in [0.25, 0.3) is 0 Å². The Labute approximate surface area is 101 Å². The van der Waals surface area contributed by atoms with Crippen molar-refractivity contribution in [2.45, 2.75) is 25.3 Å². The fraction of sp³-hybridized carbons (Fsp3) is 0.455. The number of aliphatic hydroxyl groups is 2. The zero-order valence-electron chi connectivity index (χ0n) is 9.41. The Morgan fingerprint density at radius 3 is 2.39 bits per heavy atom. The van der Waals surface area contributed by atoms with Gasteiger partial charge in [-0.2, -0.15) is 13.2 Å². The predicted octanol–water partition coefficient (Wildman–Crippen LogP) is 2.18. The molecule has 0 fully saturated rings. The number of ether oxygens (including phenoxy) is 1. The van der Waals surface area contributed by atoms with Crippen molar-refractivity contribution in [2.75, 3.05) is 6.61 Å². The average Bonchev–Trinajstić information content (AvgIpc) is 2.24. The molecule has 102 valence electrons. The van der Waals surface area contributed by atoms with Crippen molar-refractivity contribution in [3.05, 3.63) is 29.6 Å². The summed E-state index contributed by atoms with van der Waals surface area (Å²) in [6, 6.07) is 3.11. The van der Waals surface area contributed by atoms with E-state index >= 15 is 0 Å². The molecule has 0 spiro atoms. The van der Waals surface area contributed by atoms with E-state index in [4.69, 9.17) is 9.84 Å². The number of rotatable bonds is 4. The summed E-state index contributed by atoms with van der Waals surface area (Å²) < 4.78 is 53.7. The molecule has 0 heterocycles. The highest BCUT2D eigenvalue weighted by molar-refractivity contribution is 5.35. The van der Waals surface area contributed by atoms with Crippen LogP contribution in [0.3, 0.4) is 0 Å². The van der Waals surface area contributed by atoms with E-state index in [1.807, 2.05) is 0 Å². The van der Waals surface area contributed by atoms with Gasteiger partial charge in [0.25, 0.3) is 0 Å². The summed E-state index contributed by atoms with van der Waals surface area (Å²) in [5.41, 5.74) is 0.144. The minimum Gasteiger partial charge on any atom is -0.490 e. The molecule has 1 aromatic carbocycles. The molecule has 7 heteroatoms. The first-order valence-electron chi connectivity index (χ1n) is 5.07. The molecule has 18 heavy (non-hydrogen) atoms. The van der Waals surface area contributed by atoms with Crippen LogP contribution in [0, 0.1) is 5.82 Å². The zero-order valence-corrected chi connectivity index (χ0v) is 9.41. The van der Waals surface area contributed by atoms with Gasteiger partial charge in [-0.25, -0.2) is 4.39 Å². The molecule has 2 N–H and O–H groups in total. The molecule has 2 atom stereocenters. The lowest BCUT2D eigenvalue weighted by atomic mass is 10.1. The molecule has 1 rings (SSSR count). The zero-order chi connectivity index (χ0) is 13.9. The van der Waals surface area contributed by atoms with Crippen molar-refractivity contribution in [2.24, 2.45) is 0 Å². The van der Waals surface area contributed by atoms with Crippen molar-refractivity contribution in [1.29, 1.82) is 0 Å². The van der Waals surface area contributed by atoms with E-state index in [0.29, 0.717) is 0 Å². The molecule has 0 amide bonds. The number of hydrogen-bond donors (Lipinski definition) is 2. The van der Waals surface area contributed by atoms with Crippen molar-refractivity contribution in [1.82, 2.24) is 0 Å². The highest BCUT2D eigenvalue weighted by Gasteiger charge is 2.38. The second-order valence-corrected chi connectivity index (χ2v) is 3.73. The van der Waals surface area contributed by atoms with E-state index in [1.54, 1.807) is 0 Å². The minimum atomic E-state index is -4.81. The van der Waals surface area contributed by atoms with Gasteiger partial charge in [-0.15, -0.1) is 0 Å². The molecule has 0 saturated heterocycles. The summed E-state index contributed by atoms with van der Waals surface area (Å²) in [5, 5.41) is 18.1. The standard InChI is InChI=1S/C11H12F4O3/c1-6(16)8-3-2-7(12)4-9(8)18-5-10(17)11(13,14)15/h2-4,6,10,16-17H,5H2,1H3/t6-,10?/m0/s1. The molecule has 3 nitrogen and oxygen atoms in total. The molecular weight excluding hydrogens is 256 g/mol. The van der Waals surface area contributed by atoms with Gasteiger partial charge in [-0.1, -0.05) is 0 Å². The van der Waals surface area contributed by atoms with Crippen LogP contribution in [0.15, 0.2) is 18.2 Å². The molecule has 1 aromatic rings. The Hall–Kier alpha value is -1.34.